The Balaban J connectivity index is 0.00000272. The zero-order valence-corrected chi connectivity index (χ0v) is 20.5. The van der Waals surface area contributed by atoms with Crippen LogP contribution in [-0.2, 0) is 13.0 Å². The van der Waals surface area contributed by atoms with E-state index in [4.69, 9.17) is 0 Å². The van der Waals surface area contributed by atoms with E-state index in [-0.39, 0.29) is 24.0 Å². The Morgan fingerprint density at radius 2 is 1.81 bits per heavy atom. The maximum Gasteiger partial charge on any atom is 0.191 e. The van der Waals surface area contributed by atoms with Crippen LogP contribution in [0, 0.1) is 13.8 Å². The molecule has 0 unspecified atom stereocenters. The predicted octanol–water partition coefficient (Wildman–Crippen LogP) is 4.50. The van der Waals surface area contributed by atoms with Gasteiger partial charge in [-0.25, -0.2) is 4.68 Å². The molecular weight excluding hydrogens is 499 g/mol. The third kappa shape index (κ3) is 5.28. The molecule has 0 atom stereocenters. The van der Waals surface area contributed by atoms with Gasteiger partial charge in [0.2, 0.25) is 0 Å². The normalized spacial score (nSPS) is 11.4. The molecule has 2 aromatic heterocycles. The van der Waals surface area contributed by atoms with E-state index in [9.17, 15) is 0 Å². The third-order valence-corrected chi connectivity index (χ3v) is 5.26. The molecule has 0 spiro atoms. The van der Waals surface area contributed by atoms with Crippen LogP contribution in [0.1, 0.15) is 22.5 Å². The molecule has 2 aromatic carbocycles. The number of aromatic nitrogens is 3. The van der Waals surface area contributed by atoms with Crippen LogP contribution in [0.25, 0.3) is 16.6 Å². The van der Waals surface area contributed by atoms with Crippen molar-refractivity contribution >= 4 is 40.8 Å². The zero-order chi connectivity index (χ0) is 20.9. The summed E-state index contributed by atoms with van der Waals surface area (Å²) in [4.78, 5) is 7.71. The van der Waals surface area contributed by atoms with Crippen LogP contribution in [0.3, 0.4) is 0 Å². The fraction of sp³-hybridized carbons (Fsp3) is 0.250. The number of aryl methyl sites for hydroxylation is 2. The summed E-state index contributed by atoms with van der Waals surface area (Å²) < 4.78 is 2.00. The number of nitrogens with one attached hydrogen (secondary N) is 3. The average molecular weight is 528 g/mol. The molecule has 31 heavy (non-hydrogen) atoms. The molecule has 2 heterocycles. The van der Waals surface area contributed by atoms with E-state index >= 15 is 0 Å². The molecule has 0 fully saturated rings. The van der Waals surface area contributed by atoms with Crippen molar-refractivity contribution in [1.82, 2.24) is 25.4 Å². The number of halogens is 1. The molecule has 4 aromatic rings. The van der Waals surface area contributed by atoms with Crippen LogP contribution in [0.5, 0.6) is 0 Å². The zero-order valence-electron chi connectivity index (χ0n) is 18.1. The lowest BCUT2D eigenvalue weighted by Crippen LogP contribution is -2.38. The first-order valence-electron chi connectivity index (χ1n) is 10.3. The highest BCUT2D eigenvalue weighted by molar-refractivity contribution is 14.0. The fourth-order valence-electron chi connectivity index (χ4n) is 3.79. The number of rotatable bonds is 6. The van der Waals surface area contributed by atoms with Crippen molar-refractivity contribution in [2.24, 2.45) is 4.99 Å². The summed E-state index contributed by atoms with van der Waals surface area (Å²) in [6.07, 6.45) is 3.01. The minimum absolute atomic E-state index is 0. The van der Waals surface area contributed by atoms with Crippen molar-refractivity contribution < 1.29 is 0 Å². The van der Waals surface area contributed by atoms with Gasteiger partial charge in [0.25, 0.3) is 0 Å². The second-order valence-electron chi connectivity index (χ2n) is 7.43. The minimum atomic E-state index is 0. The lowest BCUT2D eigenvalue weighted by atomic mass is 10.1. The van der Waals surface area contributed by atoms with Gasteiger partial charge < -0.3 is 15.6 Å². The van der Waals surface area contributed by atoms with E-state index in [1.165, 1.54) is 22.0 Å². The Hall–Kier alpha value is -2.81. The number of hydrogen-bond donors (Lipinski definition) is 3. The minimum Gasteiger partial charge on any atom is -0.361 e. The average Bonchev–Trinajstić information content (AvgIpc) is 3.33. The quantitative estimate of drug-likeness (QED) is 0.196. The molecule has 162 valence electrons. The number of benzene rings is 2. The molecule has 0 saturated carbocycles. The first-order valence-corrected chi connectivity index (χ1v) is 10.3. The molecule has 6 nitrogen and oxygen atoms in total. The first kappa shape index (κ1) is 22.9. The number of para-hydroxylation sites is 2. The van der Waals surface area contributed by atoms with Gasteiger partial charge in [-0.05, 0) is 49.6 Å². The summed E-state index contributed by atoms with van der Waals surface area (Å²) in [6, 6.07) is 18.8. The third-order valence-electron chi connectivity index (χ3n) is 5.26. The molecule has 0 radical (unpaired) electrons. The van der Waals surface area contributed by atoms with Crippen molar-refractivity contribution in [2.45, 2.75) is 26.8 Å². The van der Waals surface area contributed by atoms with Gasteiger partial charge in [0.1, 0.15) is 0 Å². The topological polar surface area (TPSA) is 70.0 Å². The smallest absolute Gasteiger partial charge is 0.191 e. The Morgan fingerprint density at radius 1 is 1.03 bits per heavy atom. The van der Waals surface area contributed by atoms with Crippen molar-refractivity contribution in [3.63, 3.8) is 0 Å². The number of nitrogens with zero attached hydrogens (tertiary/aromatic N) is 3. The van der Waals surface area contributed by atoms with Crippen LogP contribution < -0.4 is 10.6 Å². The lowest BCUT2D eigenvalue weighted by molar-refractivity contribution is 0.776. The van der Waals surface area contributed by atoms with Gasteiger partial charge in [-0.15, -0.1) is 24.0 Å². The number of fused-ring (bicyclic) bond motifs is 1. The Labute approximate surface area is 200 Å². The van der Waals surface area contributed by atoms with Gasteiger partial charge in [-0.1, -0.05) is 36.4 Å². The largest absolute Gasteiger partial charge is 0.361 e. The predicted molar refractivity (Wildman–Crippen MR) is 139 cm³/mol. The summed E-state index contributed by atoms with van der Waals surface area (Å²) >= 11 is 0. The first-order chi connectivity index (χ1) is 14.7. The van der Waals surface area contributed by atoms with E-state index in [2.05, 4.69) is 87.4 Å². The summed E-state index contributed by atoms with van der Waals surface area (Å²) in [5.74, 6) is 0.790. The van der Waals surface area contributed by atoms with E-state index in [0.717, 1.165) is 36.0 Å². The molecule has 0 saturated heterocycles. The van der Waals surface area contributed by atoms with Gasteiger partial charge in [-0.3, -0.25) is 4.99 Å². The van der Waals surface area contributed by atoms with Crippen LogP contribution in [0.4, 0.5) is 0 Å². The van der Waals surface area contributed by atoms with E-state index in [1.54, 1.807) is 7.05 Å². The Bertz CT molecular complexity index is 1170. The van der Waals surface area contributed by atoms with Gasteiger partial charge in [-0.2, -0.15) is 5.10 Å². The van der Waals surface area contributed by atoms with Crippen LogP contribution in [0.2, 0.25) is 0 Å². The molecule has 4 rings (SSSR count). The summed E-state index contributed by atoms with van der Waals surface area (Å²) in [5.41, 5.74) is 6.89. The van der Waals surface area contributed by atoms with E-state index < -0.39 is 0 Å². The van der Waals surface area contributed by atoms with Gasteiger partial charge >= 0.3 is 0 Å². The van der Waals surface area contributed by atoms with Crippen molar-refractivity contribution in [2.75, 3.05) is 13.6 Å². The highest BCUT2D eigenvalue weighted by Crippen LogP contribution is 2.18. The summed E-state index contributed by atoms with van der Waals surface area (Å²) in [5, 5.41) is 12.8. The van der Waals surface area contributed by atoms with Crippen LogP contribution >= 0.6 is 24.0 Å². The molecule has 0 amide bonds. The van der Waals surface area contributed by atoms with Gasteiger partial charge in [0, 0.05) is 42.9 Å². The molecule has 0 aliphatic carbocycles. The standard InChI is InChI=1S/C24H28N6.HI/c1-17-14-18(2)30(29-17)23-11-7-4-8-20(23)16-28-24(25-3)26-13-12-19-15-27-22-10-6-5-9-21(19)22;/h4-11,14-15,27H,12-13,16H2,1-3H3,(H2,25,26,28);1H. The number of aliphatic imine (C=N–C) groups is 1. The van der Waals surface area contributed by atoms with E-state index in [0.29, 0.717) is 6.54 Å². The summed E-state index contributed by atoms with van der Waals surface area (Å²) in [6.45, 7) is 5.57. The Morgan fingerprint density at radius 3 is 2.58 bits per heavy atom. The molecule has 7 heteroatoms. The second kappa shape index (κ2) is 10.5. The van der Waals surface area contributed by atoms with Crippen LogP contribution in [-0.4, -0.2) is 34.3 Å². The SMILES string of the molecule is CN=C(NCCc1c[nH]c2ccccc12)NCc1ccccc1-n1nc(C)cc1C.I. The fourth-order valence-corrected chi connectivity index (χ4v) is 3.79. The molecule has 0 aliphatic rings. The highest BCUT2D eigenvalue weighted by atomic mass is 127. The maximum atomic E-state index is 4.63. The summed E-state index contributed by atoms with van der Waals surface area (Å²) in [7, 11) is 1.80. The van der Waals surface area contributed by atoms with E-state index in [1.807, 2.05) is 17.7 Å². The second-order valence-corrected chi connectivity index (χ2v) is 7.43. The molecule has 0 aliphatic heterocycles. The van der Waals surface area contributed by atoms with Gasteiger partial charge in [0.15, 0.2) is 5.96 Å². The number of hydrogen-bond acceptors (Lipinski definition) is 2. The number of aromatic amines is 1. The molecular formula is C24H29IN6. The Kier molecular flexibility index (Phi) is 7.73. The van der Waals surface area contributed by atoms with Crippen molar-refractivity contribution in [1.29, 1.82) is 0 Å². The number of guanidine groups is 1. The number of H-pyrrole nitrogens is 1. The van der Waals surface area contributed by atoms with Gasteiger partial charge in [0.05, 0.1) is 11.4 Å². The highest BCUT2D eigenvalue weighted by Gasteiger charge is 2.09. The molecule has 0 bridgehead atoms. The lowest BCUT2D eigenvalue weighted by Gasteiger charge is -2.15. The van der Waals surface area contributed by atoms with Crippen molar-refractivity contribution in [3.8, 4) is 5.69 Å². The monoisotopic (exact) mass is 528 g/mol. The van der Waals surface area contributed by atoms with Crippen LogP contribution in [0.15, 0.2) is 65.8 Å². The van der Waals surface area contributed by atoms with Crippen molar-refractivity contribution in [3.05, 3.63) is 83.3 Å². The maximum absolute atomic E-state index is 4.63. The molecule has 3 N–H and O–H groups in total.